The van der Waals surface area contributed by atoms with Crippen LogP contribution in [0, 0.1) is 0 Å². The van der Waals surface area contributed by atoms with E-state index in [9.17, 15) is 9.59 Å². The van der Waals surface area contributed by atoms with Gasteiger partial charge in [0.2, 0.25) is 0 Å². The quantitative estimate of drug-likeness (QED) is 0.256. The summed E-state index contributed by atoms with van der Waals surface area (Å²) in [4.78, 5) is 33.2. The molecule has 0 aliphatic rings. The number of thiophene rings is 1. The molecule has 0 amide bonds. The number of benzene rings is 2. The van der Waals surface area contributed by atoms with Crippen LogP contribution in [0.25, 0.3) is 10.8 Å². The van der Waals surface area contributed by atoms with Gasteiger partial charge in [0.25, 0.3) is 5.56 Å². The van der Waals surface area contributed by atoms with Crippen molar-refractivity contribution in [3.63, 3.8) is 0 Å². The lowest BCUT2D eigenvalue weighted by Gasteiger charge is -2.11. The summed E-state index contributed by atoms with van der Waals surface area (Å²) in [6.07, 6.45) is 1.20. The summed E-state index contributed by atoms with van der Waals surface area (Å²) in [6.45, 7) is 1.96. The predicted molar refractivity (Wildman–Crippen MR) is 120 cm³/mol. The fourth-order valence-corrected chi connectivity index (χ4v) is 4.89. The van der Waals surface area contributed by atoms with Crippen molar-refractivity contribution in [2.24, 2.45) is 0 Å². The van der Waals surface area contributed by atoms with Gasteiger partial charge < -0.3 is 4.98 Å². The third-order valence-electron chi connectivity index (χ3n) is 4.81. The summed E-state index contributed by atoms with van der Waals surface area (Å²) < 4.78 is 0. The number of nitrogens with one attached hydrogen (secondary N) is 1. The van der Waals surface area contributed by atoms with Gasteiger partial charge >= 0.3 is 0 Å². The Morgan fingerprint density at radius 1 is 1.10 bits per heavy atom. The minimum Gasteiger partial charge on any atom is -0.301 e. The van der Waals surface area contributed by atoms with E-state index in [1.807, 2.05) is 42.6 Å². The van der Waals surface area contributed by atoms with Gasteiger partial charge in [0, 0.05) is 12.0 Å². The molecule has 29 heavy (non-hydrogen) atoms. The van der Waals surface area contributed by atoms with E-state index in [1.165, 1.54) is 33.9 Å². The number of thioether (sulfide) groups is 1. The highest BCUT2D eigenvalue weighted by atomic mass is 32.2. The predicted octanol–water partition coefficient (Wildman–Crippen LogP) is 5.11. The number of aromatic amines is 1. The lowest BCUT2D eigenvalue weighted by Crippen LogP contribution is -2.19. The summed E-state index contributed by atoms with van der Waals surface area (Å²) in [5.74, 6) is 0.297. The molecular formula is C23H20N2O2S2. The highest BCUT2D eigenvalue weighted by molar-refractivity contribution is 7.99. The Bertz CT molecular complexity index is 1210. The highest BCUT2D eigenvalue weighted by Crippen LogP contribution is 2.23. The number of carbonyl (C=O) groups is 1. The molecule has 0 saturated carbocycles. The second-order valence-electron chi connectivity index (χ2n) is 6.65. The van der Waals surface area contributed by atoms with Crippen LogP contribution >= 0.6 is 23.1 Å². The van der Waals surface area contributed by atoms with Crippen molar-refractivity contribution in [3.8, 4) is 0 Å². The van der Waals surface area contributed by atoms with E-state index in [2.05, 4.69) is 29.2 Å². The molecule has 0 spiro atoms. The maximum Gasteiger partial charge on any atom is 0.254 e. The van der Waals surface area contributed by atoms with Crippen LogP contribution in [-0.2, 0) is 12.8 Å². The summed E-state index contributed by atoms with van der Waals surface area (Å²) in [6, 6.07) is 18.1. The number of hydrogen-bond acceptors (Lipinski definition) is 5. The van der Waals surface area contributed by atoms with E-state index in [1.54, 1.807) is 0 Å². The number of rotatable bonds is 7. The minimum absolute atomic E-state index is 0.0443. The smallest absolute Gasteiger partial charge is 0.254 e. The van der Waals surface area contributed by atoms with Crippen LogP contribution in [0.15, 0.2) is 69.9 Å². The first-order valence-corrected chi connectivity index (χ1v) is 11.3. The van der Waals surface area contributed by atoms with Crippen LogP contribution in [0.2, 0.25) is 0 Å². The van der Waals surface area contributed by atoms with E-state index in [-0.39, 0.29) is 17.1 Å². The molecule has 0 bridgehead atoms. The van der Waals surface area contributed by atoms with Crippen LogP contribution in [0.5, 0.6) is 0 Å². The van der Waals surface area contributed by atoms with E-state index < -0.39 is 0 Å². The number of nitrogens with zero attached hydrogens (tertiary/aromatic N) is 1. The van der Waals surface area contributed by atoms with Gasteiger partial charge in [-0.15, -0.1) is 11.3 Å². The van der Waals surface area contributed by atoms with Crippen molar-refractivity contribution in [3.05, 3.63) is 92.0 Å². The fourth-order valence-electron chi connectivity index (χ4n) is 3.37. The molecule has 2 aromatic heterocycles. The molecule has 2 heterocycles. The van der Waals surface area contributed by atoms with E-state index in [4.69, 9.17) is 4.98 Å². The molecule has 0 unspecified atom stereocenters. The average Bonchev–Trinajstić information content (AvgIpc) is 3.27. The maximum absolute atomic E-state index is 12.6. The molecule has 0 aliphatic heterocycles. The zero-order chi connectivity index (χ0) is 20.2. The first-order chi connectivity index (χ1) is 14.2. The van der Waals surface area contributed by atoms with Crippen molar-refractivity contribution in [1.29, 1.82) is 0 Å². The van der Waals surface area contributed by atoms with Gasteiger partial charge in [-0.25, -0.2) is 4.98 Å². The van der Waals surface area contributed by atoms with Gasteiger partial charge in [-0.3, -0.25) is 9.59 Å². The topological polar surface area (TPSA) is 62.8 Å². The fraction of sp³-hybridized carbons (Fsp3) is 0.174. The van der Waals surface area contributed by atoms with Crippen LogP contribution < -0.4 is 5.56 Å². The molecule has 0 aliphatic carbocycles. The number of carbonyl (C=O) groups excluding carboxylic acids is 1. The third kappa shape index (κ3) is 4.33. The van der Waals surface area contributed by atoms with Crippen molar-refractivity contribution >= 4 is 39.7 Å². The largest absolute Gasteiger partial charge is 0.301 e. The summed E-state index contributed by atoms with van der Waals surface area (Å²) in [5.41, 5.74) is 2.50. The molecule has 0 atom stereocenters. The maximum atomic E-state index is 12.6. The molecule has 6 heteroatoms. The van der Waals surface area contributed by atoms with Crippen LogP contribution in [0.1, 0.15) is 33.4 Å². The number of Topliss-reactive ketones (excluding diaryl/α,β-unsaturated/α-hetero) is 1. The van der Waals surface area contributed by atoms with Crippen LogP contribution in [-0.4, -0.2) is 21.5 Å². The zero-order valence-electron chi connectivity index (χ0n) is 16.0. The Labute approximate surface area is 177 Å². The number of ketones is 1. The number of fused-ring (bicyclic) bond motifs is 1. The standard InChI is InChI=1S/C23H20N2O2S2/c1-2-17-19(13-16-9-5-8-15-7-3-4-10-18(15)16)24-23(25-22(17)27)29-14-20(26)21-11-6-12-28-21/h3-12H,2,13-14H2,1H3,(H,24,25,27). The molecule has 4 aromatic rings. The van der Waals surface area contributed by atoms with Crippen LogP contribution in [0.3, 0.4) is 0 Å². The van der Waals surface area contributed by atoms with Gasteiger partial charge in [0.05, 0.1) is 16.3 Å². The Morgan fingerprint density at radius 2 is 1.93 bits per heavy atom. The zero-order valence-corrected chi connectivity index (χ0v) is 17.6. The summed E-state index contributed by atoms with van der Waals surface area (Å²) in [7, 11) is 0. The van der Waals surface area contributed by atoms with Gasteiger partial charge in [-0.1, -0.05) is 67.2 Å². The third-order valence-corrected chi connectivity index (χ3v) is 6.59. The second kappa shape index (κ2) is 8.76. The van der Waals surface area contributed by atoms with Gasteiger partial charge in [-0.2, -0.15) is 0 Å². The van der Waals surface area contributed by atoms with Crippen molar-refractivity contribution in [2.75, 3.05) is 5.75 Å². The van der Waals surface area contributed by atoms with E-state index in [0.717, 1.165) is 16.1 Å². The molecule has 146 valence electrons. The Hall–Kier alpha value is -2.70. The molecular weight excluding hydrogens is 400 g/mol. The monoisotopic (exact) mass is 420 g/mol. The molecule has 4 nitrogen and oxygen atoms in total. The summed E-state index contributed by atoms with van der Waals surface area (Å²) in [5, 5.41) is 4.72. The molecule has 0 saturated heterocycles. The normalized spacial score (nSPS) is 11.1. The number of H-pyrrole nitrogens is 1. The Morgan fingerprint density at radius 3 is 2.72 bits per heavy atom. The van der Waals surface area contributed by atoms with Crippen molar-refractivity contribution in [2.45, 2.75) is 24.9 Å². The Balaban J connectivity index is 1.63. The highest BCUT2D eigenvalue weighted by Gasteiger charge is 2.14. The average molecular weight is 421 g/mol. The van der Waals surface area contributed by atoms with E-state index >= 15 is 0 Å². The Kier molecular flexibility index (Phi) is 5.92. The molecule has 4 rings (SSSR count). The molecule has 0 radical (unpaired) electrons. The SMILES string of the molecule is CCc1c(Cc2cccc3ccccc23)nc(SCC(=O)c2cccs2)[nH]c1=O. The second-order valence-corrected chi connectivity index (χ2v) is 8.57. The van der Waals surface area contributed by atoms with Crippen LogP contribution in [0.4, 0.5) is 0 Å². The lowest BCUT2D eigenvalue weighted by atomic mass is 9.99. The van der Waals surface area contributed by atoms with Crippen molar-refractivity contribution < 1.29 is 4.79 Å². The minimum atomic E-state index is -0.121. The first kappa shape index (κ1) is 19.6. The molecule has 2 aromatic carbocycles. The van der Waals surface area contributed by atoms with Gasteiger partial charge in [0.15, 0.2) is 10.9 Å². The molecule has 0 fully saturated rings. The lowest BCUT2D eigenvalue weighted by molar-refractivity contribution is 0.102. The number of aromatic nitrogens is 2. The molecule has 1 N–H and O–H groups in total. The van der Waals surface area contributed by atoms with Crippen molar-refractivity contribution in [1.82, 2.24) is 9.97 Å². The first-order valence-electron chi connectivity index (χ1n) is 9.44. The van der Waals surface area contributed by atoms with Gasteiger partial charge in [-0.05, 0) is 34.2 Å². The summed E-state index contributed by atoms with van der Waals surface area (Å²) >= 11 is 2.71. The van der Waals surface area contributed by atoms with Gasteiger partial charge in [0.1, 0.15) is 0 Å². The number of hydrogen-bond donors (Lipinski definition) is 1. The van der Waals surface area contributed by atoms with E-state index in [0.29, 0.717) is 23.6 Å².